The van der Waals surface area contributed by atoms with E-state index >= 15 is 0 Å². The van der Waals surface area contributed by atoms with E-state index in [-0.39, 0.29) is 17.7 Å². The Morgan fingerprint density at radius 2 is 1.77 bits per heavy atom. The molecule has 1 unspecified atom stereocenters. The summed E-state index contributed by atoms with van der Waals surface area (Å²) in [4.78, 5) is 19.1. The highest BCUT2D eigenvalue weighted by molar-refractivity contribution is 5.95. The average molecular weight is 466 g/mol. The van der Waals surface area contributed by atoms with Gasteiger partial charge in [-0.1, -0.05) is 49.4 Å². The number of pyridine rings is 1. The van der Waals surface area contributed by atoms with Crippen LogP contribution in [0, 0.1) is 11.3 Å². The van der Waals surface area contributed by atoms with Crippen LogP contribution in [0.3, 0.4) is 0 Å². The lowest BCUT2D eigenvalue weighted by Crippen LogP contribution is -2.32. The van der Waals surface area contributed by atoms with Crippen molar-refractivity contribution in [2.24, 2.45) is 7.05 Å². The van der Waals surface area contributed by atoms with Gasteiger partial charge in [0.1, 0.15) is 11.5 Å². The Kier molecular flexibility index (Phi) is 7.60. The SMILES string of the molecule is C[C@@H](CNCC(C(=O)Nc1ccc(-c2cnn(C)n2)cn1)c1ccccc1)c1ccc(C#N)cc1. The highest BCUT2D eigenvalue weighted by Crippen LogP contribution is 2.20. The molecule has 0 aliphatic rings. The maximum Gasteiger partial charge on any atom is 0.234 e. The molecule has 0 radical (unpaired) electrons. The van der Waals surface area contributed by atoms with Gasteiger partial charge < -0.3 is 10.6 Å². The van der Waals surface area contributed by atoms with E-state index in [1.54, 1.807) is 25.5 Å². The highest BCUT2D eigenvalue weighted by Gasteiger charge is 2.21. The fourth-order valence-corrected chi connectivity index (χ4v) is 3.81. The highest BCUT2D eigenvalue weighted by atomic mass is 16.2. The molecule has 8 nitrogen and oxygen atoms in total. The van der Waals surface area contributed by atoms with Crippen LogP contribution in [0.4, 0.5) is 5.82 Å². The maximum atomic E-state index is 13.2. The summed E-state index contributed by atoms with van der Waals surface area (Å²) in [6.07, 6.45) is 3.35. The minimum absolute atomic E-state index is 0.130. The number of rotatable bonds is 9. The van der Waals surface area contributed by atoms with Crippen LogP contribution in [0.5, 0.6) is 0 Å². The molecule has 35 heavy (non-hydrogen) atoms. The Morgan fingerprint density at radius 1 is 1.00 bits per heavy atom. The second-order valence-electron chi connectivity index (χ2n) is 8.40. The third-order valence-corrected chi connectivity index (χ3v) is 5.84. The van der Waals surface area contributed by atoms with Crippen LogP contribution in [0.25, 0.3) is 11.3 Å². The molecule has 8 heteroatoms. The van der Waals surface area contributed by atoms with Crippen molar-refractivity contribution in [2.75, 3.05) is 18.4 Å². The van der Waals surface area contributed by atoms with Crippen LogP contribution < -0.4 is 10.6 Å². The molecule has 4 rings (SSSR count). The monoisotopic (exact) mass is 465 g/mol. The Bertz CT molecular complexity index is 1290. The van der Waals surface area contributed by atoms with Crippen LogP contribution in [-0.4, -0.2) is 39.0 Å². The summed E-state index contributed by atoms with van der Waals surface area (Å²) in [5.41, 5.74) is 4.27. The van der Waals surface area contributed by atoms with Gasteiger partial charge in [0, 0.05) is 31.9 Å². The van der Waals surface area contributed by atoms with Crippen LogP contribution in [-0.2, 0) is 11.8 Å². The summed E-state index contributed by atoms with van der Waals surface area (Å²) in [5, 5.41) is 23.7. The summed E-state index contributed by atoms with van der Waals surface area (Å²) < 4.78 is 0. The molecule has 2 atom stereocenters. The van der Waals surface area contributed by atoms with E-state index in [9.17, 15) is 4.79 Å². The van der Waals surface area contributed by atoms with Gasteiger partial charge in [-0.2, -0.15) is 20.3 Å². The second kappa shape index (κ2) is 11.2. The molecule has 0 bridgehead atoms. The molecular weight excluding hydrogens is 438 g/mol. The lowest BCUT2D eigenvalue weighted by Gasteiger charge is -2.20. The summed E-state index contributed by atoms with van der Waals surface area (Å²) in [5.74, 6) is 0.201. The Morgan fingerprint density at radius 3 is 2.40 bits per heavy atom. The molecular formula is C27H27N7O. The smallest absolute Gasteiger partial charge is 0.234 e. The van der Waals surface area contributed by atoms with E-state index in [2.05, 4.69) is 38.8 Å². The van der Waals surface area contributed by atoms with Gasteiger partial charge in [-0.15, -0.1) is 0 Å². The molecule has 0 fully saturated rings. The number of hydrogen-bond donors (Lipinski definition) is 2. The number of benzene rings is 2. The van der Waals surface area contributed by atoms with Crippen molar-refractivity contribution in [1.29, 1.82) is 5.26 Å². The molecule has 176 valence electrons. The van der Waals surface area contributed by atoms with Crippen molar-refractivity contribution in [3.05, 3.63) is 95.8 Å². The van der Waals surface area contributed by atoms with Gasteiger partial charge >= 0.3 is 0 Å². The number of aryl methyl sites for hydroxylation is 1. The molecule has 0 spiro atoms. The van der Waals surface area contributed by atoms with Crippen LogP contribution in [0.15, 0.2) is 79.1 Å². The van der Waals surface area contributed by atoms with Gasteiger partial charge in [0.25, 0.3) is 0 Å². The third-order valence-electron chi connectivity index (χ3n) is 5.84. The molecule has 0 aliphatic carbocycles. The summed E-state index contributed by atoms with van der Waals surface area (Å²) in [7, 11) is 1.76. The normalized spacial score (nSPS) is 12.5. The topological polar surface area (TPSA) is 109 Å². The fourth-order valence-electron chi connectivity index (χ4n) is 3.81. The first kappa shape index (κ1) is 23.8. The number of amides is 1. The van der Waals surface area contributed by atoms with E-state index in [1.165, 1.54) is 4.80 Å². The first-order chi connectivity index (χ1) is 17.0. The minimum atomic E-state index is -0.383. The van der Waals surface area contributed by atoms with Crippen molar-refractivity contribution in [2.45, 2.75) is 18.8 Å². The summed E-state index contributed by atoms with van der Waals surface area (Å²) in [6.45, 7) is 3.30. The van der Waals surface area contributed by atoms with Crippen molar-refractivity contribution in [3.63, 3.8) is 0 Å². The second-order valence-corrected chi connectivity index (χ2v) is 8.40. The zero-order valence-electron chi connectivity index (χ0n) is 19.7. The Hall–Kier alpha value is -4.35. The number of carbonyl (C=O) groups is 1. The molecule has 4 aromatic rings. The molecule has 2 N–H and O–H groups in total. The number of aromatic nitrogens is 4. The van der Waals surface area contributed by atoms with E-state index in [1.807, 2.05) is 60.7 Å². The zero-order chi connectivity index (χ0) is 24.6. The number of nitrogens with one attached hydrogen (secondary N) is 2. The maximum absolute atomic E-state index is 13.2. The quantitative estimate of drug-likeness (QED) is 0.389. The molecule has 0 saturated carbocycles. The van der Waals surface area contributed by atoms with Crippen molar-refractivity contribution >= 4 is 11.7 Å². The summed E-state index contributed by atoms with van der Waals surface area (Å²) in [6, 6.07) is 23.1. The van der Waals surface area contributed by atoms with Gasteiger partial charge in [0.15, 0.2) is 0 Å². The first-order valence-corrected chi connectivity index (χ1v) is 11.4. The number of carbonyl (C=O) groups excluding carboxylic acids is 1. The van der Waals surface area contributed by atoms with Gasteiger partial charge in [-0.05, 0) is 41.3 Å². The molecule has 1 amide bonds. The Balaban J connectivity index is 1.40. The van der Waals surface area contributed by atoms with E-state index in [4.69, 9.17) is 5.26 Å². The standard InChI is InChI=1S/C27H27N7O/c1-19(21-10-8-20(14-28)9-11-21)15-29-17-24(22-6-4-3-5-7-22)27(35)32-26-13-12-23(16-30-26)25-18-31-34(2)33-25/h3-13,16,18-19,24,29H,15,17H2,1-2H3,(H,30,32,35)/t19-,24?/m0/s1. The number of anilines is 1. The zero-order valence-corrected chi connectivity index (χ0v) is 19.7. The minimum Gasteiger partial charge on any atom is -0.315 e. The van der Waals surface area contributed by atoms with Gasteiger partial charge in [0.2, 0.25) is 5.91 Å². The molecule has 2 aromatic heterocycles. The van der Waals surface area contributed by atoms with Gasteiger partial charge in [-0.3, -0.25) is 4.79 Å². The van der Waals surface area contributed by atoms with Crippen molar-refractivity contribution in [1.82, 2.24) is 25.3 Å². The van der Waals surface area contributed by atoms with E-state index in [0.717, 1.165) is 22.4 Å². The largest absolute Gasteiger partial charge is 0.315 e. The van der Waals surface area contributed by atoms with E-state index in [0.29, 0.717) is 24.5 Å². The molecule has 2 heterocycles. The lowest BCUT2D eigenvalue weighted by molar-refractivity contribution is -0.117. The van der Waals surface area contributed by atoms with Gasteiger partial charge in [-0.25, -0.2) is 4.98 Å². The van der Waals surface area contributed by atoms with Gasteiger partial charge in [0.05, 0.1) is 23.7 Å². The Labute approximate surface area is 204 Å². The molecule has 0 aliphatic heterocycles. The van der Waals surface area contributed by atoms with Crippen LogP contribution in [0.2, 0.25) is 0 Å². The van der Waals surface area contributed by atoms with E-state index < -0.39 is 0 Å². The molecule has 2 aromatic carbocycles. The first-order valence-electron chi connectivity index (χ1n) is 11.4. The fraction of sp³-hybridized carbons (Fsp3) is 0.222. The predicted octanol–water partition coefficient (Wildman–Crippen LogP) is 3.86. The predicted molar refractivity (Wildman–Crippen MR) is 134 cm³/mol. The number of nitriles is 1. The van der Waals surface area contributed by atoms with Crippen molar-refractivity contribution in [3.8, 4) is 17.3 Å². The number of hydrogen-bond acceptors (Lipinski definition) is 6. The number of nitrogens with zero attached hydrogens (tertiary/aromatic N) is 5. The third kappa shape index (κ3) is 6.16. The summed E-state index contributed by atoms with van der Waals surface area (Å²) >= 11 is 0. The average Bonchev–Trinajstić information content (AvgIpc) is 3.33. The lowest BCUT2D eigenvalue weighted by atomic mass is 9.96. The van der Waals surface area contributed by atoms with Crippen LogP contribution in [0.1, 0.15) is 35.4 Å². The van der Waals surface area contributed by atoms with Crippen LogP contribution >= 0.6 is 0 Å². The molecule has 0 saturated heterocycles. The van der Waals surface area contributed by atoms with Crippen molar-refractivity contribution < 1.29 is 4.79 Å².